The number of nitrogens with two attached hydrogens (primary N) is 1. The van der Waals surface area contributed by atoms with E-state index in [2.05, 4.69) is 39.5 Å². The molecule has 0 bridgehead atoms. The fraction of sp³-hybridized carbons (Fsp3) is 1.00. The van der Waals surface area contributed by atoms with Crippen LogP contribution in [0, 0.1) is 5.92 Å². The Morgan fingerprint density at radius 2 is 1.84 bits per heavy atom. The first-order valence-corrected chi connectivity index (χ1v) is 8.02. The summed E-state index contributed by atoms with van der Waals surface area (Å²) in [6.07, 6.45) is 4.63. The number of hydrogen-bond donors (Lipinski definition) is 1. The third kappa shape index (κ3) is 4.17. The number of nitrogens with zero attached hydrogens (tertiary/aromatic N) is 1. The zero-order chi connectivity index (χ0) is 14.5. The summed E-state index contributed by atoms with van der Waals surface area (Å²) < 4.78 is 5.89. The molecule has 0 radical (unpaired) electrons. The molecule has 0 aromatic rings. The van der Waals surface area contributed by atoms with E-state index in [0.29, 0.717) is 0 Å². The predicted molar refractivity (Wildman–Crippen MR) is 82.4 cm³/mol. The first-order chi connectivity index (χ1) is 8.93. The zero-order valence-corrected chi connectivity index (χ0v) is 13.7. The van der Waals surface area contributed by atoms with Crippen LogP contribution >= 0.6 is 0 Å². The van der Waals surface area contributed by atoms with Gasteiger partial charge in [-0.15, -0.1) is 0 Å². The molecule has 1 unspecified atom stereocenters. The number of likely N-dealkylation sites (N-methyl/N-ethyl adjacent to an activating group) is 1. The van der Waals surface area contributed by atoms with Crippen molar-refractivity contribution >= 4 is 0 Å². The molecular formula is C16H34N2O. The maximum absolute atomic E-state index is 6.20. The van der Waals surface area contributed by atoms with Gasteiger partial charge in [-0.05, 0) is 39.2 Å². The SMILES string of the molecule is CCC(CC)CN(CC)C1(CN)CCOC(C)(C)C1. The summed E-state index contributed by atoms with van der Waals surface area (Å²) in [6.45, 7) is 15.1. The van der Waals surface area contributed by atoms with Gasteiger partial charge in [-0.25, -0.2) is 0 Å². The van der Waals surface area contributed by atoms with Crippen molar-refractivity contribution in [3.8, 4) is 0 Å². The molecule has 0 saturated carbocycles. The molecular weight excluding hydrogens is 236 g/mol. The third-order valence-electron chi connectivity index (χ3n) is 4.88. The van der Waals surface area contributed by atoms with Gasteiger partial charge in [0, 0.05) is 25.2 Å². The number of hydrogen-bond acceptors (Lipinski definition) is 3. The molecule has 114 valence electrons. The molecule has 0 spiro atoms. The van der Waals surface area contributed by atoms with Crippen LogP contribution in [0.2, 0.25) is 0 Å². The average molecular weight is 270 g/mol. The van der Waals surface area contributed by atoms with Gasteiger partial charge in [-0.1, -0.05) is 33.6 Å². The maximum Gasteiger partial charge on any atom is 0.0644 e. The Hall–Kier alpha value is -0.120. The summed E-state index contributed by atoms with van der Waals surface area (Å²) in [5, 5.41) is 0. The maximum atomic E-state index is 6.20. The van der Waals surface area contributed by atoms with E-state index in [0.717, 1.165) is 38.5 Å². The van der Waals surface area contributed by atoms with Crippen molar-refractivity contribution in [3.63, 3.8) is 0 Å². The van der Waals surface area contributed by atoms with Crippen molar-refractivity contribution in [2.75, 3.05) is 26.2 Å². The van der Waals surface area contributed by atoms with Gasteiger partial charge in [0.15, 0.2) is 0 Å². The third-order valence-corrected chi connectivity index (χ3v) is 4.88. The lowest BCUT2D eigenvalue weighted by Gasteiger charge is -2.51. The van der Waals surface area contributed by atoms with Crippen LogP contribution in [0.5, 0.6) is 0 Å². The molecule has 1 aliphatic rings. The molecule has 1 heterocycles. The molecule has 1 saturated heterocycles. The Kier molecular flexibility index (Phi) is 6.28. The second-order valence-corrected chi connectivity index (χ2v) is 6.68. The zero-order valence-electron chi connectivity index (χ0n) is 13.7. The average Bonchev–Trinajstić information content (AvgIpc) is 2.39. The van der Waals surface area contributed by atoms with Crippen LogP contribution in [-0.2, 0) is 4.74 Å². The van der Waals surface area contributed by atoms with E-state index < -0.39 is 0 Å². The summed E-state index contributed by atoms with van der Waals surface area (Å²) in [5.74, 6) is 0.786. The first kappa shape index (κ1) is 16.9. The topological polar surface area (TPSA) is 38.5 Å². The van der Waals surface area contributed by atoms with Crippen LogP contribution in [0.1, 0.15) is 60.3 Å². The smallest absolute Gasteiger partial charge is 0.0644 e. The van der Waals surface area contributed by atoms with Gasteiger partial charge in [0.2, 0.25) is 0 Å². The summed E-state index contributed by atoms with van der Waals surface area (Å²) in [7, 11) is 0. The summed E-state index contributed by atoms with van der Waals surface area (Å²) in [5.41, 5.74) is 6.29. The Balaban J connectivity index is 2.84. The van der Waals surface area contributed by atoms with Crippen LogP contribution in [0.15, 0.2) is 0 Å². The van der Waals surface area contributed by atoms with Crippen molar-refractivity contribution in [1.82, 2.24) is 4.90 Å². The summed E-state index contributed by atoms with van der Waals surface area (Å²) >= 11 is 0. The molecule has 3 heteroatoms. The van der Waals surface area contributed by atoms with Gasteiger partial charge in [-0.2, -0.15) is 0 Å². The van der Waals surface area contributed by atoms with E-state index >= 15 is 0 Å². The van der Waals surface area contributed by atoms with Crippen LogP contribution in [0.3, 0.4) is 0 Å². The van der Waals surface area contributed by atoms with E-state index in [4.69, 9.17) is 10.5 Å². The summed E-state index contributed by atoms with van der Waals surface area (Å²) in [6, 6.07) is 0. The first-order valence-electron chi connectivity index (χ1n) is 8.02. The molecule has 1 rings (SSSR count). The van der Waals surface area contributed by atoms with Crippen LogP contribution in [0.4, 0.5) is 0 Å². The minimum Gasteiger partial charge on any atom is -0.375 e. The molecule has 0 amide bonds. The Labute approximate surface area is 119 Å². The fourth-order valence-corrected chi connectivity index (χ4v) is 3.54. The lowest BCUT2D eigenvalue weighted by molar-refractivity contribution is -0.119. The Morgan fingerprint density at radius 1 is 1.21 bits per heavy atom. The van der Waals surface area contributed by atoms with E-state index in [9.17, 15) is 0 Å². The largest absolute Gasteiger partial charge is 0.375 e. The lowest BCUT2D eigenvalue weighted by Crippen LogP contribution is -2.61. The van der Waals surface area contributed by atoms with Crippen LogP contribution < -0.4 is 5.73 Å². The highest BCUT2D eigenvalue weighted by Crippen LogP contribution is 2.36. The van der Waals surface area contributed by atoms with E-state index in [1.54, 1.807) is 0 Å². The minimum atomic E-state index is -0.0427. The predicted octanol–water partition coefficient (Wildman–Crippen LogP) is 3.03. The standard InChI is InChI=1S/C16H34N2O/c1-6-14(7-2)11-18(8-3)16(13-17)9-10-19-15(4,5)12-16/h14H,6-13,17H2,1-5H3. The Bertz CT molecular complexity index is 263. The van der Waals surface area contributed by atoms with E-state index in [1.165, 1.54) is 19.4 Å². The monoisotopic (exact) mass is 270 g/mol. The lowest BCUT2D eigenvalue weighted by atomic mass is 9.79. The molecule has 0 aliphatic carbocycles. The summed E-state index contributed by atoms with van der Waals surface area (Å²) in [4.78, 5) is 2.63. The quantitative estimate of drug-likeness (QED) is 0.773. The van der Waals surface area contributed by atoms with Crippen LogP contribution in [0.25, 0.3) is 0 Å². The van der Waals surface area contributed by atoms with Gasteiger partial charge in [-0.3, -0.25) is 4.90 Å². The van der Waals surface area contributed by atoms with E-state index in [-0.39, 0.29) is 11.1 Å². The van der Waals surface area contributed by atoms with Crippen molar-refractivity contribution in [3.05, 3.63) is 0 Å². The number of ether oxygens (including phenoxy) is 1. The molecule has 1 aliphatic heterocycles. The molecule has 2 N–H and O–H groups in total. The molecule has 3 nitrogen and oxygen atoms in total. The van der Waals surface area contributed by atoms with Crippen molar-refractivity contribution in [2.24, 2.45) is 11.7 Å². The normalized spacial score (nSPS) is 27.2. The molecule has 0 aromatic carbocycles. The molecule has 19 heavy (non-hydrogen) atoms. The fourth-order valence-electron chi connectivity index (χ4n) is 3.54. The second kappa shape index (κ2) is 7.05. The van der Waals surface area contributed by atoms with Crippen molar-refractivity contribution in [1.29, 1.82) is 0 Å². The highest BCUT2D eigenvalue weighted by atomic mass is 16.5. The van der Waals surface area contributed by atoms with Gasteiger partial charge >= 0.3 is 0 Å². The van der Waals surface area contributed by atoms with Gasteiger partial charge < -0.3 is 10.5 Å². The Morgan fingerprint density at radius 3 is 2.26 bits per heavy atom. The molecule has 0 aromatic heterocycles. The van der Waals surface area contributed by atoms with E-state index in [1.807, 2.05) is 0 Å². The highest BCUT2D eigenvalue weighted by molar-refractivity contribution is 4.99. The minimum absolute atomic E-state index is 0.0427. The number of rotatable bonds is 7. The molecule has 1 fully saturated rings. The highest BCUT2D eigenvalue weighted by Gasteiger charge is 2.43. The van der Waals surface area contributed by atoms with Gasteiger partial charge in [0.25, 0.3) is 0 Å². The van der Waals surface area contributed by atoms with Gasteiger partial charge in [0.05, 0.1) is 5.60 Å². The second-order valence-electron chi connectivity index (χ2n) is 6.68. The van der Waals surface area contributed by atoms with Crippen molar-refractivity contribution in [2.45, 2.75) is 71.4 Å². The van der Waals surface area contributed by atoms with Gasteiger partial charge in [0.1, 0.15) is 0 Å². The van der Waals surface area contributed by atoms with Crippen LogP contribution in [-0.4, -0.2) is 42.3 Å². The molecule has 1 atom stereocenters. The van der Waals surface area contributed by atoms with Crippen molar-refractivity contribution < 1.29 is 4.74 Å².